The number of fused-ring (bicyclic) bond motifs is 1. The van der Waals surface area contributed by atoms with Crippen LogP contribution in [0.15, 0.2) is 46.1 Å². The van der Waals surface area contributed by atoms with E-state index in [1.165, 1.54) is 20.3 Å². The average Bonchev–Trinajstić information content (AvgIpc) is 3.12. The molecule has 9 heteroatoms. The van der Waals surface area contributed by atoms with Gasteiger partial charge in [0.25, 0.3) is 0 Å². The molecule has 0 radical (unpaired) electrons. The third kappa shape index (κ3) is 3.61. The third-order valence-electron chi connectivity index (χ3n) is 5.27. The van der Waals surface area contributed by atoms with Gasteiger partial charge in [-0.25, -0.2) is 0 Å². The predicted molar refractivity (Wildman–Crippen MR) is 103 cm³/mol. The topological polar surface area (TPSA) is 96.8 Å². The van der Waals surface area contributed by atoms with E-state index in [1.54, 1.807) is 6.92 Å². The van der Waals surface area contributed by atoms with E-state index in [1.807, 2.05) is 25.1 Å². The van der Waals surface area contributed by atoms with Gasteiger partial charge in [-0.3, -0.25) is 0 Å². The molecule has 1 aromatic heterocycles. The van der Waals surface area contributed by atoms with Crippen LogP contribution in [0.2, 0.25) is 5.32 Å². The van der Waals surface area contributed by atoms with Crippen molar-refractivity contribution in [3.05, 3.63) is 62.9 Å². The predicted octanol–water partition coefficient (Wildman–Crippen LogP) is 0.387. The quantitative estimate of drug-likeness (QED) is 0.652. The molecular weight excluding hydrogens is 429 g/mol. The maximum absolute atomic E-state index is 12.2. The molecule has 0 bridgehead atoms. The van der Waals surface area contributed by atoms with E-state index in [4.69, 9.17) is 9.47 Å². The Balaban J connectivity index is 1.49. The van der Waals surface area contributed by atoms with Gasteiger partial charge >= 0.3 is 168 Å². The van der Waals surface area contributed by atoms with Gasteiger partial charge in [-0.15, -0.1) is 0 Å². The van der Waals surface area contributed by atoms with Gasteiger partial charge in [-0.05, 0) is 0 Å². The summed E-state index contributed by atoms with van der Waals surface area (Å²) in [7, 11) is 0. The molecular formula is C19H23N3O5Se. The number of rotatable bonds is 4. The van der Waals surface area contributed by atoms with Gasteiger partial charge in [0.1, 0.15) is 0 Å². The van der Waals surface area contributed by atoms with Gasteiger partial charge in [0.05, 0.1) is 0 Å². The van der Waals surface area contributed by atoms with E-state index in [-0.39, 0.29) is 27.1 Å². The Morgan fingerprint density at radius 3 is 2.82 bits per heavy atom. The summed E-state index contributed by atoms with van der Waals surface area (Å²) in [5, 5.41) is 12.8. The Kier molecular flexibility index (Phi) is 5.30. The fraction of sp³-hybridized carbons (Fsp3) is 0.474. The fourth-order valence-corrected chi connectivity index (χ4v) is 5.71. The third-order valence-corrected chi connectivity index (χ3v) is 7.96. The average molecular weight is 452 g/mol. The molecule has 2 saturated heterocycles. The van der Waals surface area contributed by atoms with E-state index < -0.39 is 23.2 Å². The zero-order chi connectivity index (χ0) is 19.9. The normalized spacial score (nSPS) is 30.3. The van der Waals surface area contributed by atoms with Gasteiger partial charge in [0, 0.05) is 0 Å². The molecule has 1 unspecified atom stereocenters. The molecule has 2 aromatic rings. The number of H-pyrrole nitrogens is 1. The molecule has 0 amide bonds. The molecule has 2 aliphatic heterocycles. The Morgan fingerprint density at radius 1 is 1.32 bits per heavy atom. The summed E-state index contributed by atoms with van der Waals surface area (Å²) in [5.41, 5.74) is -1.29. The van der Waals surface area contributed by atoms with E-state index in [9.17, 15) is 14.8 Å². The number of benzene rings is 1. The van der Waals surface area contributed by atoms with Gasteiger partial charge in [-0.2, -0.15) is 0 Å². The van der Waals surface area contributed by atoms with Crippen molar-refractivity contribution >= 4 is 19.4 Å². The summed E-state index contributed by atoms with van der Waals surface area (Å²) in [6.45, 7) is 3.87. The summed E-state index contributed by atoms with van der Waals surface area (Å²) in [4.78, 5) is 26.1. The second kappa shape index (κ2) is 7.59. The van der Waals surface area contributed by atoms with Crippen LogP contribution in [0.3, 0.4) is 0 Å². The van der Waals surface area contributed by atoms with Gasteiger partial charge < -0.3 is 0 Å². The summed E-state index contributed by atoms with van der Waals surface area (Å²) < 4.78 is 14.6. The summed E-state index contributed by atoms with van der Waals surface area (Å²) in [5.74, 6) is 0. The first-order chi connectivity index (χ1) is 13.4. The van der Waals surface area contributed by atoms with Gasteiger partial charge in [-0.1, -0.05) is 0 Å². The molecule has 2 N–H and O–H groups in total. The summed E-state index contributed by atoms with van der Waals surface area (Å²) >= 11 is 0.148. The summed E-state index contributed by atoms with van der Waals surface area (Å²) in [6, 6.07) is 9.87. The number of aryl methyl sites for hydroxylation is 1. The van der Waals surface area contributed by atoms with E-state index in [0.717, 1.165) is 0 Å². The van der Waals surface area contributed by atoms with Crippen LogP contribution < -0.4 is 15.7 Å². The number of ether oxygens (including phenoxy) is 2. The van der Waals surface area contributed by atoms with Crippen molar-refractivity contribution in [3.8, 4) is 0 Å². The standard InChI is InChI=1S/C19H23N3O5Se/c1-12-9-21(18(24)20-17(12)23)16-8-14-15(27-16)10-26-19(2,22(14)25)11-28-13-6-4-3-5-7-13/h3-7,9,14-16,25H,8,10-11H2,1-2H3,(H,20,23,24)/t14-,15-,16-,19?/m1/s1. The molecule has 3 heterocycles. The van der Waals surface area contributed by atoms with Crippen LogP contribution in [0.4, 0.5) is 0 Å². The number of aromatic nitrogens is 2. The minimum absolute atomic E-state index is 0.148. The van der Waals surface area contributed by atoms with Crippen molar-refractivity contribution in [3.63, 3.8) is 0 Å². The summed E-state index contributed by atoms with van der Waals surface area (Å²) in [6.07, 6.45) is 1.04. The molecule has 0 spiro atoms. The van der Waals surface area contributed by atoms with Crippen LogP contribution in [0.5, 0.6) is 0 Å². The zero-order valence-electron chi connectivity index (χ0n) is 15.7. The number of hydrogen-bond donors (Lipinski definition) is 2. The van der Waals surface area contributed by atoms with Crippen LogP contribution in [0.1, 0.15) is 25.1 Å². The van der Waals surface area contributed by atoms with Crippen LogP contribution >= 0.6 is 0 Å². The molecule has 2 fully saturated rings. The Hall–Kier alpha value is -1.74. The Bertz CT molecular complexity index is 962. The molecule has 0 saturated carbocycles. The van der Waals surface area contributed by atoms with Crippen LogP contribution in [0, 0.1) is 6.92 Å². The van der Waals surface area contributed by atoms with Crippen molar-refractivity contribution in [1.82, 2.24) is 14.6 Å². The van der Waals surface area contributed by atoms with E-state index >= 15 is 0 Å². The van der Waals surface area contributed by atoms with E-state index in [2.05, 4.69) is 17.1 Å². The minimum atomic E-state index is -0.804. The molecule has 8 nitrogen and oxygen atoms in total. The van der Waals surface area contributed by atoms with Gasteiger partial charge in [0.15, 0.2) is 0 Å². The first-order valence-electron chi connectivity index (χ1n) is 9.15. The van der Waals surface area contributed by atoms with Crippen LogP contribution in [0.25, 0.3) is 0 Å². The SMILES string of the molecule is Cc1cn([C@H]2C[C@@H]3[C@@H](COC(C)(C[Se]c4ccccc4)N3O)O2)c(=O)[nH]c1=O. The van der Waals surface area contributed by atoms with Crippen molar-refractivity contribution in [1.29, 1.82) is 0 Å². The Morgan fingerprint density at radius 2 is 2.07 bits per heavy atom. The first kappa shape index (κ1) is 19.6. The second-order valence-electron chi connectivity index (χ2n) is 7.34. The maximum atomic E-state index is 12.2. The monoisotopic (exact) mass is 453 g/mol. The number of aromatic amines is 1. The zero-order valence-corrected chi connectivity index (χ0v) is 17.4. The first-order valence-corrected chi connectivity index (χ1v) is 11.2. The number of nitrogens with one attached hydrogen (secondary N) is 1. The molecule has 28 heavy (non-hydrogen) atoms. The van der Waals surface area contributed by atoms with Crippen molar-refractivity contribution < 1.29 is 14.7 Å². The van der Waals surface area contributed by atoms with Crippen molar-refractivity contribution in [2.45, 2.75) is 49.7 Å². The van der Waals surface area contributed by atoms with Gasteiger partial charge in [0.2, 0.25) is 0 Å². The molecule has 150 valence electrons. The number of hydroxylamine groups is 2. The second-order valence-corrected chi connectivity index (χ2v) is 9.54. The van der Waals surface area contributed by atoms with Crippen LogP contribution in [-0.2, 0) is 9.47 Å². The van der Waals surface area contributed by atoms with Crippen molar-refractivity contribution in [2.75, 3.05) is 6.61 Å². The number of hydrogen-bond acceptors (Lipinski definition) is 6. The molecule has 2 aliphatic rings. The van der Waals surface area contributed by atoms with Crippen LogP contribution in [-0.4, -0.2) is 59.3 Å². The number of nitrogens with zero attached hydrogens (tertiary/aromatic N) is 2. The Labute approximate surface area is 168 Å². The molecule has 0 aliphatic carbocycles. The molecule has 4 atom stereocenters. The van der Waals surface area contributed by atoms with Crippen molar-refractivity contribution in [2.24, 2.45) is 0 Å². The van der Waals surface area contributed by atoms with E-state index in [0.29, 0.717) is 23.9 Å². The molecule has 4 rings (SSSR count). The molecule has 1 aromatic carbocycles. The fourth-order valence-electron chi connectivity index (χ4n) is 3.61.